The number of aromatic nitrogens is 2. The summed E-state index contributed by atoms with van der Waals surface area (Å²) >= 11 is 5.23. The average molecular weight is 288 g/mol. The fourth-order valence-electron chi connectivity index (χ4n) is 1.72. The molecular weight excluding hydrogens is 272 g/mol. The lowest BCUT2D eigenvalue weighted by Crippen LogP contribution is -2.20. The van der Waals surface area contributed by atoms with E-state index in [0.29, 0.717) is 11.1 Å². The maximum atomic E-state index is 5.23. The van der Waals surface area contributed by atoms with Gasteiger partial charge in [0.15, 0.2) is 5.11 Å². The average Bonchev–Trinajstić information content (AvgIpc) is 2.38. The number of hydrogen-bond acceptors (Lipinski definition) is 4. The summed E-state index contributed by atoms with van der Waals surface area (Å²) in [7, 11) is 1.63. The molecule has 1 aromatic heterocycles. The maximum absolute atomic E-state index is 5.23. The van der Waals surface area contributed by atoms with Crippen LogP contribution in [-0.4, -0.2) is 22.2 Å². The van der Waals surface area contributed by atoms with E-state index in [0.717, 1.165) is 22.8 Å². The SMILES string of the molecule is COc1ccc(NC(=S)Nc2nc(C)cc(C)n2)cc1. The number of methoxy groups -OCH3 is 1. The van der Waals surface area contributed by atoms with Crippen molar-refractivity contribution < 1.29 is 4.74 Å². The second kappa shape index (κ2) is 6.29. The molecule has 0 aliphatic heterocycles. The van der Waals surface area contributed by atoms with Gasteiger partial charge in [-0.05, 0) is 56.4 Å². The van der Waals surface area contributed by atoms with Crippen molar-refractivity contribution in [2.45, 2.75) is 13.8 Å². The second-order valence-electron chi connectivity index (χ2n) is 4.28. The van der Waals surface area contributed by atoms with Crippen LogP contribution in [0.5, 0.6) is 5.75 Å². The number of aryl methyl sites for hydroxylation is 2. The first-order valence-corrected chi connectivity index (χ1v) is 6.52. The number of ether oxygens (including phenoxy) is 1. The molecule has 2 N–H and O–H groups in total. The summed E-state index contributed by atoms with van der Waals surface area (Å²) in [6, 6.07) is 9.39. The molecule has 0 radical (unpaired) electrons. The van der Waals surface area contributed by atoms with Crippen LogP contribution in [0.2, 0.25) is 0 Å². The van der Waals surface area contributed by atoms with E-state index in [1.807, 2.05) is 44.2 Å². The Hall–Kier alpha value is -2.21. The summed E-state index contributed by atoms with van der Waals surface area (Å²) in [6.45, 7) is 3.83. The smallest absolute Gasteiger partial charge is 0.229 e. The van der Waals surface area contributed by atoms with Crippen LogP contribution in [-0.2, 0) is 0 Å². The Labute approximate surface area is 123 Å². The van der Waals surface area contributed by atoms with Gasteiger partial charge in [0, 0.05) is 17.1 Å². The quantitative estimate of drug-likeness (QED) is 0.847. The second-order valence-corrected chi connectivity index (χ2v) is 4.69. The van der Waals surface area contributed by atoms with E-state index in [2.05, 4.69) is 20.6 Å². The molecule has 0 saturated heterocycles. The van der Waals surface area contributed by atoms with Crippen molar-refractivity contribution in [2.75, 3.05) is 17.7 Å². The van der Waals surface area contributed by atoms with Crippen LogP contribution in [0, 0.1) is 13.8 Å². The van der Waals surface area contributed by atoms with Gasteiger partial charge in [0.1, 0.15) is 5.75 Å². The Kier molecular flexibility index (Phi) is 4.47. The molecule has 1 aromatic carbocycles. The van der Waals surface area contributed by atoms with Crippen molar-refractivity contribution in [3.8, 4) is 5.75 Å². The molecule has 2 rings (SSSR count). The van der Waals surface area contributed by atoms with Crippen LogP contribution >= 0.6 is 12.2 Å². The minimum Gasteiger partial charge on any atom is -0.497 e. The molecular formula is C14H16N4OS. The summed E-state index contributed by atoms with van der Waals surface area (Å²) in [5.41, 5.74) is 2.66. The molecule has 104 valence electrons. The highest BCUT2D eigenvalue weighted by molar-refractivity contribution is 7.80. The van der Waals surface area contributed by atoms with Gasteiger partial charge >= 0.3 is 0 Å². The first-order valence-electron chi connectivity index (χ1n) is 6.11. The summed E-state index contributed by atoms with van der Waals surface area (Å²) in [4.78, 5) is 8.55. The number of hydrogen-bond donors (Lipinski definition) is 2. The zero-order chi connectivity index (χ0) is 14.5. The predicted molar refractivity (Wildman–Crippen MR) is 84.3 cm³/mol. The number of thiocarbonyl (C=S) groups is 1. The molecule has 0 atom stereocenters. The van der Waals surface area contributed by atoms with Crippen LogP contribution < -0.4 is 15.4 Å². The van der Waals surface area contributed by atoms with Gasteiger partial charge in [-0.3, -0.25) is 0 Å². The fourth-order valence-corrected chi connectivity index (χ4v) is 1.93. The molecule has 2 aromatic rings. The Balaban J connectivity index is 2.01. The monoisotopic (exact) mass is 288 g/mol. The van der Waals surface area contributed by atoms with Crippen molar-refractivity contribution >= 4 is 29.0 Å². The van der Waals surface area contributed by atoms with Gasteiger partial charge in [-0.15, -0.1) is 0 Å². The van der Waals surface area contributed by atoms with Crippen molar-refractivity contribution in [1.29, 1.82) is 0 Å². The molecule has 0 aliphatic carbocycles. The van der Waals surface area contributed by atoms with Crippen molar-refractivity contribution in [3.05, 3.63) is 41.7 Å². The normalized spacial score (nSPS) is 9.95. The van der Waals surface area contributed by atoms with Crippen LogP contribution in [0.4, 0.5) is 11.6 Å². The molecule has 0 amide bonds. The molecule has 20 heavy (non-hydrogen) atoms. The van der Waals surface area contributed by atoms with Crippen LogP contribution in [0.1, 0.15) is 11.4 Å². The van der Waals surface area contributed by atoms with Gasteiger partial charge in [0.25, 0.3) is 0 Å². The molecule has 0 spiro atoms. The third-order valence-corrected chi connectivity index (χ3v) is 2.76. The van der Waals surface area contributed by atoms with E-state index in [9.17, 15) is 0 Å². The van der Waals surface area contributed by atoms with E-state index in [4.69, 9.17) is 17.0 Å². The van der Waals surface area contributed by atoms with E-state index in [1.54, 1.807) is 7.11 Å². The topological polar surface area (TPSA) is 59.1 Å². The summed E-state index contributed by atoms with van der Waals surface area (Å²) in [5.74, 6) is 1.29. The van der Waals surface area contributed by atoms with E-state index < -0.39 is 0 Å². The van der Waals surface area contributed by atoms with Gasteiger partial charge in [0.2, 0.25) is 5.95 Å². The minimum absolute atomic E-state index is 0.445. The molecule has 0 saturated carbocycles. The number of benzene rings is 1. The molecule has 0 bridgehead atoms. The third-order valence-electron chi connectivity index (χ3n) is 2.56. The number of nitrogens with one attached hydrogen (secondary N) is 2. The largest absolute Gasteiger partial charge is 0.497 e. The van der Waals surface area contributed by atoms with Gasteiger partial charge in [-0.25, -0.2) is 9.97 Å². The van der Waals surface area contributed by atoms with Crippen LogP contribution in [0.15, 0.2) is 30.3 Å². The zero-order valence-electron chi connectivity index (χ0n) is 11.6. The van der Waals surface area contributed by atoms with Gasteiger partial charge in [-0.2, -0.15) is 0 Å². The van der Waals surface area contributed by atoms with E-state index in [-0.39, 0.29) is 0 Å². The highest BCUT2D eigenvalue weighted by Gasteiger charge is 2.03. The first kappa shape index (κ1) is 14.2. The molecule has 0 unspecified atom stereocenters. The van der Waals surface area contributed by atoms with Crippen LogP contribution in [0.3, 0.4) is 0 Å². The highest BCUT2D eigenvalue weighted by atomic mass is 32.1. The standard InChI is InChI=1S/C14H16N4OS/c1-9-8-10(2)16-13(15-9)18-14(20)17-11-4-6-12(19-3)7-5-11/h4-8H,1-3H3,(H2,15,16,17,18,20). The first-order chi connectivity index (χ1) is 9.56. The lowest BCUT2D eigenvalue weighted by molar-refractivity contribution is 0.415. The molecule has 1 heterocycles. The Bertz CT molecular complexity index is 593. The predicted octanol–water partition coefficient (Wildman–Crippen LogP) is 2.91. The van der Waals surface area contributed by atoms with Crippen molar-refractivity contribution in [3.63, 3.8) is 0 Å². The molecule has 6 heteroatoms. The molecule has 5 nitrogen and oxygen atoms in total. The summed E-state index contributed by atoms with van der Waals surface area (Å²) in [6.07, 6.45) is 0. The molecule has 0 aliphatic rings. The van der Waals surface area contributed by atoms with E-state index >= 15 is 0 Å². The Morgan fingerprint density at radius 3 is 2.20 bits per heavy atom. The Morgan fingerprint density at radius 1 is 1.05 bits per heavy atom. The number of anilines is 2. The maximum Gasteiger partial charge on any atom is 0.229 e. The summed E-state index contributed by atoms with van der Waals surface area (Å²) in [5, 5.41) is 6.48. The van der Waals surface area contributed by atoms with Crippen molar-refractivity contribution in [2.24, 2.45) is 0 Å². The van der Waals surface area contributed by atoms with Crippen molar-refractivity contribution in [1.82, 2.24) is 9.97 Å². The van der Waals surface area contributed by atoms with E-state index in [1.165, 1.54) is 0 Å². The number of nitrogens with zero attached hydrogens (tertiary/aromatic N) is 2. The fraction of sp³-hybridized carbons (Fsp3) is 0.214. The van der Waals surface area contributed by atoms with Gasteiger partial charge < -0.3 is 15.4 Å². The third kappa shape index (κ3) is 3.89. The molecule has 0 fully saturated rings. The number of rotatable bonds is 3. The highest BCUT2D eigenvalue weighted by Crippen LogP contribution is 2.15. The van der Waals surface area contributed by atoms with Gasteiger partial charge in [0.05, 0.1) is 7.11 Å². The Morgan fingerprint density at radius 2 is 1.65 bits per heavy atom. The lowest BCUT2D eigenvalue weighted by atomic mass is 10.3. The minimum atomic E-state index is 0.445. The zero-order valence-corrected chi connectivity index (χ0v) is 12.4. The lowest BCUT2D eigenvalue weighted by Gasteiger charge is -2.10. The van der Waals surface area contributed by atoms with Gasteiger partial charge in [-0.1, -0.05) is 0 Å². The summed E-state index contributed by atoms with van der Waals surface area (Å²) < 4.78 is 5.10. The van der Waals surface area contributed by atoms with Crippen LogP contribution in [0.25, 0.3) is 0 Å².